The number of amides is 3. The molecule has 2 N–H and O–H groups in total. The minimum absolute atomic E-state index is 0.0441. The van der Waals surface area contributed by atoms with Gasteiger partial charge in [0, 0.05) is 5.69 Å². The number of nitrogens with zero attached hydrogens (tertiary/aromatic N) is 1. The first-order valence-corrected chi connectivity index (χ1v) is 13.3. The van der Waals surface area contributed by atoms with Crippen molar-refractivity contribution < 1.29 is 28.6 Å². The van der Waals surface area contributed by atoms with Gasteiger partial charge < -0.3 is 29.7 Å². The zero-order valence-electron chi connectivity index (χ0n) is 23.3. The summed E-state index contributed by atoms with van der Waals surface area (Å²) in [5, 5.41) is 5.64. The Morgan fingerprint density at radius 3 is 2.55 bits per heavy atom. The van der Waals surface area contributed by atoms with Crippen LogP contribution < -0.4 is 25.0 Å². The number of carbonyl (C=O) groups is 3. The van der Waals surface area contributed by atoms with Gasteiger partial charge in [-0.15, -0.1) is 0 Å². The first-order chi connectivity index (χ1) is 19.3. The fourth-order valence-corrected chi connectivity index (χ4v) is 4.60. The molecular weight excluding hydrogens is 510 g/mol. The molecule has 3 aromatic rings. The molecule has 0 aromatic heterocycles. The number of hydrogen-bond donors (Lipinski definition) is 2. The summed E-state index contributed by atoms with van der Waals surface area (Å²) in [6.07, 6.45) is 0.419. The average molecular weight is 546 g/mol. The largest absolute Gasteiger partial charge is 0.495 e. The van der Waals surface area contributed by atoms with Gasteiger partial charge >= 0.3 is 12.0 Å². The summed E-state index contributed by atoms with van der Waals surface area (Å²) in [5.74, 6) is 0.695. The number of anilines is 3. The number of hydrogen-bond acceptors (Lipinski definition) is 6. The molecule has 9 heteroatoms. The third-order valence-corrected chi connectivity index (χ3v) is 6.76. The van der Waals surface area contributed by atoms with E-state index in [1.54, 1.807) is 30.0 Å². The number of esters is 1. The summed E-state index contributed by atoms with van der Waals surface area (Å²) in [6, 6.07) is 18.1. The Hall–Kier alpha value is -4.53. The van der Waals surface area contributed by atoms with Crippen molar-refractivity contribution in [3.05, 3.63) is 77.4 Å². The maximum atomic E-state index is 13.4. The number of benzene rings is 3. The van der Waals surface area contributed by atoms with Crippen molar-refractivity contribution in [1.82, 2.24) is 0 Å². The molecule has 1 aliphatic rings. The molecular formula is C31H35N3O6. The maximum Gasteiger partial charge on any atom is 0.323 e. The molecule has 0 fully saturated rings. The van der Waals surface area contributed by atoms with E-state index in [2.05, 4.69) is 10.6 Å². The predicted molar refractivity (Wildman–Crippen MR) is 154 cm³/mol. The average Bonchev–Trinajstić information content (AvgIpc) is 2.94. The number of carbonyl (C=O) groups excluding carboxylic acids is 3. The fourth-order valence-electron chi connectivity index (χ4n) is 4.60. The smallest absolute Gasteiger partial charge is 0.323 e. The molecule has 3 amide bonds. The van der Waals surface area contributed by atoms with Gasteiger partial charge in [0.25, 0.3) is 0 Å². The SMILES string of the molecule is CCOC(=O)C[C@@H](C)c1ccc2c(c1)OCCN2C(=O)Cc1ccc(NC(=O)Nc2ccccc2C)c(OC)c1. The Balaban J connectivity index is 1.43. The molecule has 0 unspecified atom stereocenters. The molecule has 0 bridgehead atoms. The minimum atomic E-state index is -0.391. The standard InChI is InChI=1S/C31H35N3O6/c1-5-39-30(36)16-21(3)23-11-13-26-28(19-23)40-15-14-34(26)29(35)18-22-10-12-25(27(17-22)38-4)33-31(37)32-24-9-7-6-8-20(24)2/h6-13,17,19,21H,5,14-16,18H2,1-4H3,(H2,32,33,37)/t21-/m1/s1. The van der Waals surface area contributed by atoms with Gasteiger partial charge in [0.15, 0.2) is 0 Å². The number of nitrogens with one attached hydrogen (secondary N) is 2. The van der Waals surface area contributed by atoms with Crippen LogP contribution in [0.5, 0.6) is 11.5 Å². The monoisotopic (exact) mass is 545 g/mol. The molecule has 1 aliphatic heterocycles. The highest BCUT2D eigenvalue weighted by atomic mass is 16.5. The number of ether oxygens (including phenoxy) is 3. The first kappa shape index (κ1) is 28.5. The summed E-state index contributed by atoms with van der Waals surface area (Å²) < 4.78 is 16.4. The lowest BCUT2D eigenvalue weighted by Crippen LogP contribution is -2.38. The van der Waals surface area contributed by atoms with E-state index in [0.29, 0.717) is 48.3 Å². The van der Waals surface area contributed by atoms with E-state index in [4.69, 9.17) is 14.2 Å². The van der Waals surface area contributed by atoms with E-state index in [1.165, 1.54) is 7.11 Å². The fraction of sp³-hybridized carbons (Fsp3) is 0.323. The van der Waals surface area contributed by atoms with Crippen LogP contribution >= 0.6 is 0 Å². The molecule has 0 saturated heterocycles. The Bertz CT molecular complexity index is 1390. The molecule has 0 aliphatic carbocycles. The van der Waals surface area contributed by atoms with Crippen molar-refractivity contribution in [2.45, 2.75) is 39.5 Å². The first-order valence-electron chi connectivity index (χ1n) is 13.3. The second-order valence-electron chi connectivity index (χ2n) is 9.64. The van der Waals surface area contributed by atoms with Crippen molar-refractivity contribution in [1.29, 1.82) is 0 Å². The number of rotatable bonds is 9. The van der Waals surface area contributed by atoms with E-state index >= 15 is 0 Å². The van der Waals surface area contributed by atoms with Crippen LogP contribution in [0.1, 0.15) is 42.9 Å². The van der Waals surface area contributed by atoms with Crippen molar-refractivity contribution in [3.63, 3.8) is 0 Å². The molecule has 1 heterocycles. The lowest BCUT2D eigenvalue weighted by atomic mass is 9.96. The van der Waals surface area contributed by atoms with Crippen LogP contribution in [0.25, 0.3) is 0 Å². The summed E-state index contributed by atoms with van der Waals surface area (Å²) >= 11 is 0. The quantitative estimate of drug-likeness (QED) is 0.336. The van der Waals surface area contributed by atoms with Crippen molar-refractivity contribution in [3.8, 4) is 11.5 Å². The summed E-state index contributed by atoms with van der Waals surface area (Å²) in [4.78, 5) is 39.5. The number of fused-ring (bicyclic) bond motifs is 1. The van der Waals surface area contributed by atoms with E-state index in [1.807, 2.05) is 56.3 Å². The van der Waals surface area contributed by atoms with Gasteiger partial charge in [-0.05, 0) is 66.8 Å². The highest BCUT2D eigenvalue weighted by Crippen LogP contribution is 2.36. The van der Waals surface area contributed by atoms with Gasteiger partial charge in [-0.1, -0.05) is 37.3 Å². The van der Waals surface area contributed by atoms with Crippen LogP contribution in [0.4, 0.5) is 21.9 Å². The number of methoxy groups -OCH3 is 1. The molecule has 3 aromatic carbocycles. The zero-order chi connectivity index (χ0) is 28.6. The Morgan fingerprint density at radius 1 is 1.02 bits per heavy atom. The number of aryl methyl sites for hydroxylation is 1. The second-order valence-corrected chi connectivity index (χ2v) is 9.64. The normalized spacial score (nSPS) is 12.9. The van der Waals surface area contributed by atoms with Crippen molar-refractivity contribution >= 4 is 35.0 Å². The van der Waals surface area contributed by atoms with Gasteiger partial charge in [0.05, 0.1) is 44.5 Å². The summed E-state index contributed by atoms with van der Waals surface area (Å²) in [6.45, 7) is 6.82. The van der Waals surface area contributed by atoms with Crippen molar-refractivity contribution in [2.24, 2.45) is 0 Å². The van der Waals surface area contributed by atoms with Gasteiger partial charge in [0.2, 0.25) is 5.91 Å². The van der Waals surface area contributed by atoms with Crippen LogP contribution in [-0.4, -0.2) is 44.8 Å². The highest BCUT2D eigenvalue weighted by molar-refractivity contribution is 6.01. The summed E-state index contributed by atoms with van der Waals surface area (Å²) in [5.41, 5.74) is 4.55. The molecule has 210 valence electrons. The van der Waals surface area contributed by atoms with Gasteiger partial charge in [-0.25, -0.2) is 4.79 Å². The highest BCUT2D eigenvalue weighted by Gasteiger charge is 2.25. The molecule has 0 saturated carbocycles. The third-order valence-electron chi connectivity index (χ3n) is 6.76. The summed E-state index contributed by atoms with van der Waals surface area (Å²) in [7, 11) is 1.52. The Labute approximate surface area is 234 Å². The van der Waals surface area contributed by atoms with E-state index in [-0.39, 0.29) is 30.6 Å². The number of urea groups is 1. The van der Waals surface area contributed by atoms with Crippen LogP contribution in [0.3, 0.4) is 0 Å². The molecule has 4 rings (SSSR count). The lowest BCUT2D eigenvalue weighted by Gasteiger charge is -2.30. The predicted octanol–water partition coefficient (Wildman–Crippen LogP) is 5.67. The van der Waals surface area contributed by atoms with Gasteiger partial charge in [-0.2, -0.15) is 0 Å². The lowest BCUT2D eigenvalue weighted by molar-refractivity contribution is -0.143. The van der Waals surface area contributed by atoms with Crippen LogP contribution in [0, 0.1) is 6.92 Å². The van der Waals surface area contributed by atoms with Crippen LogP contribution in [-0.2, 0) is 20.7 Å². The van der Waals surface area contributed by atoms with E-state index in [9.17, 15) is 14.4 Å². The van der Waals surface area contributed by atoms with E-state index in [0.717, 1.165) is 16.7 Å². The molecule has 1 atom stereocenters. The van der Waals surface area contributed by atoms with Gasteiger partial charge in [0.1, 0.15) is 18.1 Å². The van der Waals surface area contributed by atoms with Crippen molar-refractivity contribution in [2.75, 3.05) is 42.4 Å². The number of para-hydroxylation sites is 1. The maximum absolute atomic E-state index is 13.4. The second kappa shape index (κ2) is 13.0. The molecule has 9 nitrogen and oxygen atoms in total. The minimum Gasteiger partial charge on any atom is -0.495 e. The van der Waals surface area contributed by atoms with Gasteiger partial charge in [-0.3, -0.25) is 9.59 Å². The Morgan fingerprint density at radius 2 is 1.80 bits per heavy atom. The molecule has 0 radical (unpaired) electrons. The Kier molecular flexibility index (Phi) is 9.27. The third kappa shape index (κ3) is 6.91. The zero-order valence-corrected chi connectivity index (χ0v) is 23.3. The molecule has 40 heavy (non-hydrogen) atoms. The van der Waals surface area contributed by atoms with Crippen LogP contribution in [0.2, 0.25) is 0 Å². The molecule has 0 spiro atoms. The topological polar surface area (TPSA) is 106 Å². The van der Waals surface area contributed by atoms with Crippen LogP contribution in [0.15, 0.2) is 60.7 Å². The van der Waals surface area contributed by atoms with E-state index < -0.39 is 6.03 Å².